The van der Waals surface area contributed by atoms with Gasteiger partial charge in [-0.1, -0.05) is 18.7 Å². The molecule has 1 aromatic carbocycles. The van der Waals surface area contributed by atoms with Gasteiger partial charge in [0.25, 0.3) is 0 Å². The van der Waals surface area contributed by atoms with Crippen LogP contribution in [0.25, 0.3) is 22.0 Å². The molecule has 0 unspecified atom stereocenters. The maximum Gasteiger partial charge on any atom is 0.247 e. The summed E-state index contributed by atoms with van der Waals surface area (Å²) in [5.74, 6) is 0.911. The first-order valence-electron chi connectivity index (χ1n) is 11.5. The lowest BCUT2D eigenvalue weighted by Crippen LogP contribution is -2.55. The molecule has 1 amide bonds. The number of nitrogens with zero attached hydrogens (tertiary/aromatic N) is 5. The number of rotatable bonds is 9. The van der Waals surface area contributed by atoms with Crippen LogP contribution in [0, 0.1) is 0 Å². The summed E-state index contributed by atoms with van der Waals surface area (Å²) in [7, 11) is 0. The van der Waals surface area contributed by atoms with E-state index >= 15 is 0 Å². The van der Waals surface area contributed by atoms with E-state index < -0.39 is 0 Å². The van der Waals surface area contributed by atoms with Gasteiger partial charge in [0.05, 0.1) is 23.4 Å². The minimum Gasteiger partial charge on any atom is -0.365 e. The summed E-state index contributed by atoms with van der Waals surface area (Å²) in [6.45, 7) is 5.28. The molecule has 0 atom stereocenters. The normalized spacial score (nSPS) is 13.7. The first kappa shape index (κ1) is 23.3. The summed E-state index contributed by atoms with van der Waals surface area (Å²) in [6, 6.07) is 11.5. The minimum atomic E-state index is -0.319. The number of amides is 1. The largest absolute Gasteiger partial charge is 0.365 e. The van der Waals surface area contributed by atoms with Gasteiger partial charge in [0.15, 0.2) is 0 Å². The standard InChI is InChI=1S/C26H25FN8O/c1-2-24(36)32-19-5-3-4-17(10-19)22-14-28-11-18-12-30-26(34-25(18)22)33-20-6-7-23(29-13-20)31-21-15-35(16-21)9-8-27/h2-7,10-14,21H,1,8-9,15-16H2,(H,29,31)(H,32,36)(H,30,33,34). The zero-order valence-corrected chi connectivity index (χ0v) is 19.5. The van der Waals surface area contributed by atoms with Gasteiger partial charge in [-0.25, -0.2) is 19.3 Å². The van der Waals surface area contributed by atoms with Crippen LogP contribution in [-0.4, -0.2) is 63.1 Å². The molecule has 1 fully saturated rings. The molecule has 4 heterocycles. The lowest BCUT2D eigenvalue weighted by atomic mass is 10.0. The number of pyridine rings is 2. The van der Waals surface area contributed by atoms with E-state index in [2.05, 4.69) is 42.4 Å². The molecule has 5 rings (SSSR count). The number of aromatic nitrogens is 4. The van der Waals surface area contributed by atoms with Gasteiger partial charge in [0, 0.05) is 54.9 Å². The Morgan fingerprint density at radius 1 is 1.11 bits per heavy atom. The van der Waals surface area contributed by atoms with Gasteiger partial charge in [-0.3, -0.25) is 14.7 Å². The highest BCUT2D eigenvalue weighted by Crippen LogP contribution is 2.29. The smallest absolute Gasteiger partial charge is 0.247 e. The van der Waals surface area contributed by atoms with Crippen molar-refractivity contribution in [3.05, 3.63) is 73.8 Å². The fourth-order valence-corrected chi connectivity index (χ4v) is 4.04. The molecule has 4 aromatic rings. The van der Waals surface area contributed by atoms with Crippen LogP contribution in [0.2, 0.25) is 0 Å². The van der Waals surface area contributed by atoms with Crippen LogP contribution in [0.5, 0.6) is 0 Å². The molecule has 182 valence electrons. The summed E-state index contributed by atoms with van der Waals surface area (Å²) < 4.78 is 12.4. The van der Waals surface area contributed by atoms with Crippen molar-refractivity contribution in [2.24, 2.45) is 0 Å². The zero-order chi connectivity index (χ0) is 24.9. The molecule has 1 aliphatic rings. The van der Waals surface area contributed by atoms with E-state index in [4.69, 9.17) is 4.98 Å². The Morgan fingerprint density at radius 3 is 2.78 bits per heavy atom. The lowest BCUT2D eigenvalue weighted by molar-refractivity contribution is -0.111. The average Bonchev–Trinajstić information content (AvgIpc) is 2.88. The Labute approximate surface area is 207 Å². The van der Waals surface area contributed by atoms with Crippen molar-refractivity contribution in [2.75, 3.05) is 42.3 Å². The van der Waals surface area contributed by atoms with E-state index in [9.17, 15) is 9.18 Å². The van der Waals surface area contributed by atoms with Crippen molar-refractivity contribution in [1.82, 2.24) is 24.8 Å². The molecule has 0 aliphatic carbocycles. The van der Waals surface area contributed by atoms with E-state index in [1.807, 2.05) is 36.4 Å². The molecule has 0 bridgehead atoms. The van der Waals surface area contributed by atoms with Crippen molar-refractivity contribution in [1.29, 1.82) is 0 Å². The number of fused-ring (bicyclic) bond motifs is 1. The highest BCUT2D eigenvalue weighted by molar-refractivity contribution is 6.00. The molecule has 10 heteroatoms. The Bertz CT molecular complexity index is 1390. The van der Waals surface area contributed by atoms with Gasteiger partial charge < -0.3 is 16.0 Å². The van der Waals surface area contributed by atoms with E-state index in [1.165, 1.54) is 6.08 Å². The fraction of sp³-hybridized carbons (Fsp3) is 0.192. The minimum absolute atomic E-state index is 0.279. The summed E-state index contributed by atoms with van der Waals surface area (Å²) in [6.07, 6.45) is 8.11. The maximum atomic E-state index is 12.4. The van der Waals surface area contributed by atoms with Crippen molar-refractivity contribution in [2.45, 2.75) is 6.04 Å². The van der Waals surface area contributed by atoms with Crippen LogP contribution in [-0.2, 0) is 4.79 Å². The predicted molar refractivity (Wildman–Crippen MR) is 139 cm³/mol. The van der Waals surface area contributed by atoms with E-state index in [-0.39, 0.29) is 18.6 Å². The highest BCUT2D eigenvalue weighted by Gasteiger charge is 2.26. The predicted octanol–water partition coefficient (Wildman–Crippen LogP) is 4.02. The van der Waals surface area contributed by atoms with E-state index in [0.717, 1.165) is 46.6 Å². The van der Waals surface area contributed by atoms with Crippen LogP contribution in [0.15, 0.2) is 73.8 Å². The van der Waals surface area contributed by atoms with Crippen LogP contribution < -0.4 is 16.0 Å². The molecule has 36 heavy (non-hydrogen) atoms. The second kappa shape index (κ2) is 10.4. The number of halogens is 1. The highest BCUT2D eigenvalue weighted by atomic mass is 19.1. The third kappa shape index (κ3) is 5.28. The number of alkyl halides is 1. The van der Waals surface area contributed by atoms with Gasteiger partial charge in [-0.2, -0.15) is 0 Å². The zero-order valence-electron chi connectivity index (χ0n) is 19.5. The molecule has 0 radical (unpaired) electrons. The van der Waals surface area contributed by atoms with E-state index in [1.54, 1.807) is 24.8 Å². The number of anilines is 4. The SMILES string of the molecule is C=CC(=O)Nc1cccc(-c2cncc3cnc(Nc4ccc(NC5CN(CCF)C5)nc4)nc23)c1. The van der Waals surface area contributed by atoms with Crippen molar-refractivity contribution < 1.29 is 9.18 Å². The van der Waals surface area contributed by atoms with Crippen molar-refractivity contribution >= 4 is 40.0 Å². The summed E-state index contributed by atoms with van der Waals surface area (Å²) >= 11 is 0. The Balaban J connectivity index is 1.32. The van der Waals surface area contributed by atoms with Crippen LogP contribution in [0.3, 0.4) is 0 Å². The summed E-state index contributed by atoms with van der Waals surface area (Å²) in [4.78, 5) is 31.7. The topological polar surface area (TPSA) is 108 Å². The molecule has 3 aromatic heterocycles. The van der Waals surface area contributed by atoms with Gasteiger partial charge >= 0.3 is 0 Å². The molecule has 0 spiro atoms. The molecule has 1 aliphatic heterocycles. The Hall–Kier alpha value is -4.44. The van der Waals surface area contributed by atoms with Crippen LogP contribution >= 0.6 is 0 Å². The fourth-order valence-electron chi connectivity index (χ4n) is 4.04. The molecule has 0 saturated carbocycles. The third-order valence-electron chi connectivity index (χ3n) is 5.85. The number of hydrogen-bond donors (Lipinski definition) is 3. The first-order chi connectivity index (χ1) is 17.6. The molecule has 3 N–H and O–H groups in total. The van der Waals surface area contributed by atoms with Gasteiger partial charge in [-0.15, -0.1) is 0 Å². The third-order valence-corrected chi connectivity index (χ3v) is 5.85. The Kier molecular flexibility index (Phi) is 6.76. The second-order valence-electron chi connectivity index (χ2n) is 8.44. The second-order valence-corrected chi connectivity index (χ2v) is 8.44. The molecular formula is C26H25FN8O. The summed E-state index contributed by atoms with van der Waals surface area (Å²) in [5.41, 5.74) is 3.80. The van der Waals surface area contributed by atoms with Crippen LogP contribution in [0.1, 0.15) is 0 Å². The van der Waals surface area contributed by atoms with Crippen LogP contribution in [0.4, 0.5) is 27.5 Å². The maximum absolute atomic E-state index is 12.4. The molecule has 9 nitrogen and oxygen atoms in total. The first-order valence-corrected chi connectivity index (χ1v) is 11.5. The summed E-state index contributed by atoms with van der Waals surface area (Å²) in [5, 5.41) is 10.1. The van der Waals surface area contributed by atoms with E-state index in [0.29, 0.717) is 18.2 Å². The van der Waals surface area contributed by atoms with Crippen molar-refractivity contribution in [3.63, 3.8) is 0 Å². The lowest BCUT2D eigenvalue weighted by Gasteiger charge is -2.39. The monoisotopic (exact) mass is 484 g/mol. The number of nitrogens with one attached hydrogen (secondary N) is 3. The van der Waals surface area contributed by atoms with Crippen molar-refractivity contribution in [3.8, 4) is 11.1 Å². The van der Waals surface area contributed by atoms with Gasteiger partial charge in [0.2, 0.25) is 11.9 Å². The van der Waals surface area contributed by atoms with Gasteiger partial charge in [-0.05, 0) is 35.9 Å². The van der Waals surface area contributed by atoms with Gasteiger partial charge in [0.1, 0.15) is 12.5 Å². The number of benzene rings is 1. The number of carbonyl (C=O) groups is 1. The molecule has 1 saturated heterocycles. The quantitative estimate of drug-likeness (QED) is 0.306. The number of hydrogen-bond acceptors (Lipinski definition) is 8. The Morgan fingerprint density at radius 2 is 2.00 bits per heavy atom. The molecular weight excluding hydrogens is 459 g/mol. The average molecular weight is 485 g/mol. The number of likely N-dealkylation sites (tertiary alicyclic amines) is 1. The number of carbonyl (C=O) groups excluding carboxylic acids is 1.